The van der Waals surface area contributed by atoms with Crippen LogP contribution in [0.15, 0.2) is 0 Å². The van der Waals surface area contributed by atoms with Crippen LogP contribution >= 0.6 is 0 Å². The molecule has 12 heavy (non-hydrogen) atoms. The predicted octanol–water partition coefficient (Wildman–Crippen LogP) is 2.04. The summed E-state index contributed by atoms with van der Waals surface area (Å²) in [5, 5.41) is 0. The third kappa shape index (κ3) is 1.79. The molecule has 1 aliphatic carbocycles. The maximum absolute atomic E-state index is 11.7. The molecule has 0 N–H and O–H groups in total. The standard InChI is InChI=1S/C10H19NO/c1-10(2,3)9(12)11(4)8-6-5-7-8/h8H,5-7H2,1-4H3. The molecule has 0 aromatic heterocycles. The van der Waals surface area contributed by atoms with Crippen molar-refractivity contribution in [3.8, 4) is 0 Å². The Morgan fingerprint density at radius 1 is 1.33 bits per heavy atom. The topological polar surface area (TPSA) is 20.3 Å². The first-order valence-electron chi connectivity index (χ1n) is 4.70. The molecule has 1 fully saturated rings. The van der Waals surface area contributed by atoms with Gasteiger partial charge in [-0.1, -0.05) is 20.8 Å². The van der Waals surface area contributed by atoms with Crippen LogP contribution in [0.4, 0.5) is 0 Å². The molecule has 1 rings (SSSR count). The fourth-order valence-corrected chi connectivity index (χ4v) is 1.47. The zero-order valence-electron chi connectivity index (χ0n) is 8.55. The summed E-state index contributed by atoms with van der Waals surface area (Å²) in [6.45, 7) is 5.93. The Morgan fingerprint density at radius 3 is 2.08 bits per heavy atom. The minimum Gasteiger partial charge on any atom is -0.342 e. The summed E-state index contributed by atoms with van der Waals surface area (Å²) in [6, 6.07) is 0.525. The van der Waals surface area contributed by atoms with E-state index in [1.54, 1.807) is 0 Å². The largest absolute Gasteiger partial charge is 0.342 e. The Labute approximate surface area is 74.9 Å². The van der Waals surface area contributed by atoms with E-state index in [4.69, 9.17) is 0 Å². The van der Waals surface area contributed by atoms with E-state index in [1.807, 2.05) is 32.7 Å². The Morgan fingerprint density at radius 2 is 1.83 bits per heavy atom. The molecule has 0 aromatic carbocycles. The lowest BCUT2D eigenvalue weighted by Gasteiger charge is -2.38. The predicted molar refractivity (Wildman–Crippen MR) is 49.9 cm³/mol. The molecule has 0 heterocycles. The van der Waals surface area contributed by atoms with Gasteiger partial charge < -0.3 is 4.90 Å². The highest BCUT2D eigenvalue weighted by Crippen LogP contribution is 2.27. The second kappa shape index (κ2) is 3.08. The zero-order chi connectivity index (χ0) is 9.35. The number of amides is 1. The molecule has 2 heteroatoms. The van der Waals surface area contributed by atoms with Gasteiger partial charge in [-0.15, -0.1) is 0 Å². The van der Waals surface area contributed by atoms with Crippen LogP contribution in [0.5, 0.6) is 0 Å². The van der Waals surface area contributed by atoms with E-state index in [0.717, 1.165) is 0 Å². The second-order valence-electron chi connectivity index (χ2n) is 4.75. The number of carbonyl (C=O) groups is 1. The number of hydrogen-bond donors (Lipinski definition) is 0. The van der Waals surface area contributed by atoms with Gasteiger partial charge in [0.25, 0.3) is 0 Å². The highest BCUT2D eigenvalue weighted by Gasteiger charge is 2.31. The number of rotatable bonds is 1. The number of carbonyl (C=O) groups excluding carboxylic acids is 1. The molecule has 0 aliphatic heterocycles. The molecule has 0 aromatic rings. The van der Waals surface area contributed by atoms with Crippen molar-refractivity contribution < 1.29 is 4.79 Å². The molecule has 2 nitrogen and oxygen atoms in total. The first-order chi connectivity index (χ1) is 5.43. The van der Waals surface area contributed by atoms with E-state index in [1.165, 1.54) is 19.3 Å². The quantitative estimate of drug-likeness (QED) is 0.588. The Bertz CT molecular complexity index is 177. The van der Waals surface area contributed by atoms with E-state index in [-0.39, 0.29) is 11.3 Å². The third-order valence-corrected chi connectivity index (χ3v) is 2.58. The fraction of sp³-hybridized carbons (Fsp3) is 0.900. The van der Waals surface area contributed by atoms with Crippen molar-refractivity contribution in [1.82, 2.24) is 4.90 Å². The van der Waals surface area contributed by atoms with Crippen molar-refractivity contribution in [1.29, 1.82) is 0 Å². The fourth-order valence-electron chi connectivity index (χ4n) is 1.47. The first kappa shape index (κ1) is 9.56. The second-order valence-corrected chi connectivity index (χ2v) is 4.75. The monoisotopic (exact) mass is 169 g/mol. The first-order valence-corrected chi connectivity index (χ1v) is 4.70. The highest BCUT2D eigenvalue weighted by atomic mass is 16.2. The highest BCUT2D eigenvalue weighted by molar-refractivity contribution is 5.81. The smallest absolute Gasteiger partial charge is 0.227 e. The van der Waals surface area contributed by atoms with Crippen molar-refractivity contribution >= 4 is 5.91 Å². The van der Waals surface area contributed by atoms with Crippen molar-refractivity contribution in [3.63, 3.8) is 0 Å². The lowest BCUT2D eigenvalue weighted by Crippen LogP contribution is -2.46. The van der Waals surface area contributed by atoms with Crippen molar-refractivity contribution in [2.45, 2.75) is 46.1 Å². The van der Waals surface area contributed by atoms with Crippen LogP contribution in [0.1, 0.15) is 40.0 Å². The van der Waals surface area contributed by atoms with Crippen LogP contribution in [0, 0.1) is 5.41 Å². The van der Waals surface area contributed by atoms with Crippen molar-refractivity contribution in [2.24, 2.45) is 5.41 Å². The van der Waals surface area contributed by atoms with Crippen LogP contribution in [-0.2, 0) is 4.79 Å². The average Bonchev–Trinajstić information content (AvgIpc) is 1.79. The summed E-state index contributed by atoms with van der Waals surface area (Å²) in [4.78, 5) is 13.6. The Kier molecular flexibility index (Phi) is 2.45. The summed E-state index contributed by atoms with van der Waals surface area (Å²) < 4.78 is 0. The van der Waals surface area contributed by atoms with Gasteiger partial charge in [0.1, 0.15) is 0 Å². The van der Waals surface area contributed by atoms with Crippen LogP contribution in [0.25, 0.3) is 0 Å². The average molecular weight is 169 g/mol. The molecule has 0 radical (unpaired) electrons. The minimum atomic E-state index is -0.218. The van der Waals surface area contributed by atoms with Gasteiger partial charge in [0.15, 0.2) is 0 Å². The molecule has 70 valence electrons. The number of nitrogens with zero attached hydrogens (tertiary/aromatic N) is 1. The van der Waals surface area contributed by atoms with Gasteiger partial charge >= 0.3 is 0 Å². The molecular formula is C10H19NO. The maximum atomic E-state index is 11.7. The summed E-state index contributed by atoms with van der Waals surface area (Å²) >= 11 is 0. The van der Waals surface area contributed by atoms with Gasteiger partial charge in [0, 0.05) is 18.5 Å². The number of hydrogen-bond acceptors (Lipinski definition) is 1. The van der Waals surface area contributed by atoms with E-state index in [9.17, 15) is 4.79 Å². The molecule has 1 aliphatic rings. The Hall–Kier alpha value is -0.530. The van der Waals surface area contributed by atoms with Gasteiger partial charge in [0.05, 0.1) is 0 Å². The summed E-state index contributed by atoms with van der Waals surface area (Å²) in [5.74, 6) is 0.271. The molecule has 1 amide bonds. The van der Waals surface area contributed by atoms with Gasteiger partial charge in [-0.3, -0.25) is 4.79 Å². The molecular weight excluding hydrogens is 150 g/mol. The van der Waals surface area contributed by atoms with Crippen molar-refractivity contribution in [2.75, 3.05) is 7.05 Å². The maximum Gasteiger partial charge on any atom is 0.227 e. The summed E-state index contributed by atoms with van der Waals surface area (Å²) in [5.41, 5.74) is -0.218. The molecule has 0 bridgehead atoms. The minimum absolute atomic E-state index is 0.218. The summed E-state index contributed by atoms with van der Waals surface area (Å²) in [7, 11) is 1.93. The SMILES string of the molecule is CN(C(=O)C(C)(C)C)C1CCC1. The van der Waals surface area contributed by atoms with Gasteiger partial charge in [-0.05, 0) is 19.3 Å². The van der Waals surface area contributed by atoms with E-state index in [0.29, 0.717) is 6.04 Å². The van der Waals surface area contributed by atoms with Crippen molar-refractivity contribution in [3.05, 3.63) is 0 Å². The van der Waals surface area contributed by atoms with Crippen LogP contribution < -0.4 is 0 Å². The van der Waals surface area contributed by atoms with Crippen LogP contribution in [0.2, 0.25) is 0 Å². The summed E-state index contributed by atoms with van der Waals surface area (Å²) in [6.07, 6.45) is 3.67. The molecule has 0 saturated heterocycles. The lowest BCUT2D eigenvalue weighted by molar-refractivity contribution is -0.141. The van der Waals surface area contributed by atoms with Crippen LogP contribution in [-0.4, -0.2) is 23.9 Å². The molecule has 1 saturated carbocycles. The molecule has 0 unspecified atom stereocenters. The molecule has 0 spiro atoms. The molecule has 0 atom stereocenters. The normalized spacial score (nSPS) is 18.7. The van der Waals surface area contributed by atoms with E-state index >= 15 is 0 Å². The van der Waals surface area contributed by atoms with E-state index < -0.39 is 0 Å². The Balaban J connectivity index is 2.51. The van der Waals surface area contributed by atoms with Gasteiger partial charge in [0.2, 0.25) is 5.91 Å². The van der Waals surface area contributed by atoms with Crippen LogP contribution in [0.3, 0.4) is 0 Å². The zero-order valence-corrected chi connectivity index (χ0v) is 8.55. The third-order valence-electron chi connectivity index (χ3n) is 2.58. The lowest BCUT2D eigenvalue weighted by atomic mass is 9.88. The van der Waals surface area contributed by atoms with E-state index in [2.05, 4.69) is 0 Å². The van der Waals surface area contributed by atoms with Gasteiger partial charge in [-0.2, -0.15) is 0 Å². The van der Waals surface area contributed by atoms with Gasteiger partial charge in [-0.25, -0.2) is 0 Å².